The summed E-state index contributed by atoms with van der Waals surface area (Å²) in [6.07, 6.45) is 8.58. The van der Waals surface area contributed by atoms with Crippen LogP contribution in [-0.4, -0.2) is 11.0 Å². The molecule has 0 atom stereocenters. The van der Waals surface area contributed by atoms with Gasteiger partial charge in [-0.15, -0.1) is 0 Å². The van der Waals surface area contributed by atoms with E-state index in [1.54, 1.807) is 0 Å². The highest BCUT2D eigenvalue weighted by atomic mass is 15.0. The average molecular weight is 232 g/mol. The van der Waals surface area contributed by atoms with Gasteiger partial charge in [0.05, 0.1) is 0 Å². The fourth-order valence-electron chi connectivity index (χ4n) is 2.57. The van der Waals surface area contributed by atoms with Crippen molar-refractivity contribution in [2.24, 2.45) is 0 Å². The molecule has 1 aliphatic carbocycles. The summed E-state index contributed by atoms with van der Waals surface area (Å²) >= 11 is 0. The molecule has 0 saturated heterocycles. The summed E-state index contributed by atoms with van der Waals surface area (Å²) in [6, 6.07) is 4.85. The van der Waals surface area contributed by atoms with Crippen LogP contribution in [0.2, 0.25) is 0 Å². The molecule has 0 amide bonds. The van der Waals surface area contributed by atoms with E-state index in [4.69, 9.17) is 0 Å². The molecule has 2 rings (SSSR count). The lowest BCUT2D eigenvalue weighted by molar-refractivity contribution is 0.460. The molecular formula is C15H24N2. The molecule has 1 aromatic heterocycles. The van der Waals surface area contributed by atoms with Gasteiger partial charge >= 0.3 is 0 Å². The molecule has 1 N–H and O–H groups in total. The largest absolute Gasteiger partial charge is 0.367 e. The molecule has 0 bridgehead atoms. The van der Waals surface area contributed by atoms with Crippen LogP contribution in [0, 0.1) is 0 Å². The molecule has 94 valence electrons. The second kappa shape index (κ2) is 5.07. The number of aromatic nitrogens is 1. The Morgan fingerprint density at radius 2 is 1.88 bits per heavy atom. The number of hydrogen-bond donors (Lipinski definition) is 1. The number of nitrogens with zero attached hydrogens (tertiary/aromatic N) is 1. The summed E-state index contributed by atoms with van der Waals surface area (Å²) < 4.78 is 0. The number of pyridine rings is 1. The van der Waals surface area contributed by atoms with Crippen molar-refractivity contribution in [3.05, 3.63) is 23.9 Å². The highest BCUT2D eigenvalue weighted by molar-refractivity contribution is 5.48. The third-order valence-corrected chi connectivity index (χ3v) is 3.56. The van der Waals surface area contributed by atoms with Gasteiger partial charge in [0.25, 0.3) is 0 Å². The monoisotopic (exact) mass is 232 g/mol. The Kier molecular flexibility index (Phi) is 3.70. The van der Waals surface area contributed by atoms with E-state index in [1.807, 2.05) is 12.3 Å². The topological polar surface area (TPSA) is 24.9 Å². The van der Waals surface area contributed by atoms with Gasteiger partial charge in [0.2, 0.25) is 0 Å². The summed E-state index contributed by atoms with van der Waals surface area (Å²) in [4.78, 5) is 4.53. The lowest BCUT2D eigenvalue weighted by Gasteiger charge is -2.27. The first-order valence-electron chi connectivity index (χ1n) is 6.79. The van der Waals surface area contributed by atoms with Gasteiger partial charge in [-0.2, -0.15) is 0 Å². The maximum absolute atomic E-state index is 4.53. The SMILES string of the molecule is CC(C)(C)c1cccnc1NC1CCCCC1. The average Bonchev–Trinajstić information content (AvgIpc) is 2.30. The van der Waals surface area contributed by atoms with E-state index in [-0.39, 0.29) is 5.41 Å². The minimum Gasteiger partial charge on any atom is -0.367 e. The van der Waals surface area contributed by atoms with Crippen molar-refractivity contribution in [3.63, 3.8) is 0 Å². The Morgan fingerprint density at radius 1 is 1.18 bits per heavy atom. The van der Waals surface area contributed by atoms with E-state index in [0.717, 1.165) is 5.82 Å². The van der Waals surface area contributed by atoms with Crippen LogP contribution >= 0.6 is 0 Å². The van der Waals surface area contributed by atoms with E-state index in [9.17, 15) is 0 Å². The van der Waals surface area contributed by atoms with Crippen LogP contribution < -0.4 is 5.32 Å². The van der Waals surface area contributed by atoms with E-state index in [2.05, 4.69) is 37.1 Å². The standard InChI is InChI=1S/C15H24N2/c1-15(2,3)13-10-7-11-16-14(13)17-12-8-5-4-6-9-12/h7,10-12H,4-6,8-9H2,1-3H3,(H,16,17). The minimum atomic E-state index is 0.158. The first kappa shape index (κ1) is 12.4. The molecule has 1 aromatic rings. The second-order valence-electron chi connectivity index (χ2n) is 6.13. The maximum atomic E-state index is 4.53. The molecule has 0 spiro atoms. The first-order chi connectivity index (χ1) is 8.07. The lowest BCUT2D eigenvalue weighted by atomic mass is 9.87. The zero-order valence-electron chi connectivity index (χ0n) is 11.3. The molecule has 1 heterocycles. The normalized spacial score (nSPS) is 18.1. The lowest BCUT2D eigenvalue weighted by Crippen LogP contribution is -2.25. The Bertz CT molecular complexity index is 359. The fraction of sp³-hybridized carbons (Fsp3) is 0.667. The molecule has 0 unspecified atom stereocenters. The molecule has 2 nitrogen and oxygen atoms in total. The fourth-order valence-corrected chi connectivity index (χ4v) is 2.57. The Labute approximate surface area is 105 Å². The minimum absolute atomic E-state index is 0.158. The van der Waals surface area contributed by atoms with Crippen LogP contribution in [0.25, 0.3) is 0 Å². The number of nitrogens with one attached hydrogen (secondary N) is 1. The third kappa shape index (κ3) is 3.21. The van der Waals surface area contributed by atoms with Crippen molar-refractivity contribution in [1.29, 1.82) is 0 Å². The second-order valence-corrected chi connectivity index (χ2v) is 6.13. The molecule has 0 aliphatic heterocycles. The van der Waals surface area contributed by atoms with Gasteiger partial charge in [0.15, 0.2) is 0 Å². The quantitative estimate of drug-likeness (QED) is 0.829. The predicted molar refractivity (Wildman–Crippen MR) is 73.4 cm³/mol. The molecular weight excluding hydrogens is 208 g/mol. The van der Waals surface area contributed by atoms with Gasteiger partial charge in [-0.05, 0) is 29.9 Å². The van der Waals surface area contributed by atoms with Crippen molar-refractivity contribution in [2.75, 3.05) is 5.32 Å². The summed E-state index contributed by atoms with van der Waals surface area (Å²) in [5.41, 5.74) is 1.48. The predicted octanol–water partition coefficient (Wildman–Crippen LogP) is 4.12. The van der Waals surface area contributed by atoms with E-state index in [1.165, 1.54) is 37.7 Å². The van der Waals surface area contributed by atoms with Gasteiger partial charge in [0.1, 0.15) is 5.82 Å². The van der Waals surface area contributed by atoms with E-state index < -0.39 is 0 Å². The Morgan fingerprint density at radius 3 is 2.53 bits per heavy atom. The highest BCUT2D eigenvalue weighted by Gasteiger charge is 2.21. The van der Waals surface area contributed by atoms with Crippen LogP contribution in [0.5, 0.6) is 0 Å². The highest BCUT2D eigenvalue weighted by Crippen LogP contribution is 2.29. The number of hydrogen-bond acceptors (Lipinski definition) is 2. The van der Waals surface area contributed by atoms with E-state index >= 15 is 0 Å². The Balaban J connectivity index is 2.14. The van der Waals surface area contributed by atoms with Crippen LogP contribution in [0.15, 0.2) is 18.3 Å². The van der Waals surface area contributed by atoms with E-state index in [0.29, 0.717) is 6.04 Å². The molecule has 1 aliphatic rings. The summed E-state index contributed by atoms with van der Waals surface area (Å²) in [6.45, 7) is 6.74. The van der Waals surface area contributed by atoms with Crippen molar-refractivity contribution >= 4 is 5.82 Å². The Hall–Kier alpha value is -1.05. The van der Waals surface area contributed by atoms with Crippen molar-refractivity contribution < 1.29 is 0 Å². The maximum Gasteiger partial charge on any atom is 0.129 e. The van der Waals surface area contributed by atoms with Gasteiger partial charge in [-0.3, -0.25) is 0 Å². The number of anilines is 1. The molecule has 1 saturated carbocycles. The van der Waals surface area contributed by atoms with Crippen LogP contribution in [-0.2, 0) is 5.41 Å². The van der Waals surface area contributed by atoms with Gasteiger partial charge < -0.3 is 5.32 Å². The smallest absolute Gasteiger partial charge is 0.129 e. The summed E-state index contributed by atoms with van der Waals surface area (Å²) in [7, 11) is 0. The number of rotatable bonds is 2. The van der Waals surface area contributed by atoms with Crippen molar-refractivity contribution in [2.45, 2.75) is 64.3 Å². The zero-order chi connectivity index (χ0) is 12.3. The van der Waals surface area contributed by atoms with Crippen LogP contribution in [0.4, 0.5) is 5.82 Å². The van der Waals surface area contributed by atoms with Crippen LogP contribution in [0.1, 0.15) is 58.4 Å². The molecule has 0 aromatic carbocycles. The van der Waals surface area contributed by atoms with Crippen LogP contribution in [0.3, 0.4) is 0 Å². The van der Waals surface area contributed by atoms with Crippen molar-refractivity contribution in [1.82, 2.24) is 4.98 Å². The third-order valence-electron chi connectivity index (χ3n) is 3.56. The van der Waals surface area contributed by atoms with Crippen molar-refractivity contribution in [3.8, 4) is 0 Å². The molecule has 1 fully saturated rings. The van der Waals surface area contributed by atoms with Gasteiger partial charge in [0, 0.05) is 12.2 Å². The zero-order valence-corrected chi connectivity index (χ0v) is 11.3. The first-order valence-corrected chi connectivity index (χ1v) is 6.79. The molecule has 17 heavy (non-hydrogen) atoms. The summed E-state index contributed by atoms with van der Waals surface area (Å²) in [5.74, 6) is 1.09. The molecule has 2 heteroatoms. The summed E-state index contributed by atoms with van der Waals surface area (Å²) in [5, 5.41) is 3.64. The molecule has 0 radical (unpaired) electrons. The van der Waals surface area contributed by atoms with Gasteiger partial charge in [-0.1, -0.05) is 46.1 Å². The van der Waals surface area contributed by atoms with Gasteiger partial charge in [-0.25, -0.2) is 4.98 Å².